The Morgan fingerprint density at radius 2 is 1.75 bits per heavy atom. The van der Waals surface area contributed by atoms with Crippen LogP contribution in [0.25, 0.3) is 0 Å². The number of aromatic amines is 1. The van der Waals surface area contributed by atoms with Crippen LogP contribution >= 0.6 is 0 Å². The number of hydrogen-bond donors (Lipinski definition) is 2. The largest absolute Gasteiger partial charge is 0.395 e. The van der Waals surface area contributed by atoms with E-state index in [4.69, 9.17) is 5.73 Å². The van der Waals surface area contributed by atoms with Crippen LogP contribution in [-0.4, -0.2) is 34.1 Å². The minimum absolute atomic E-state index is 0.0389. The molecule has 1 aromatic rings. The van der Waals surface area contributed by atoms with Crippen LogP contribution in [0.4, 0.5) is 5.69 Å². The second kappa shape index (κ2) is 8.61. The highest BCUT2D eigenvalue weighted by Crippen LogP contribution is 2.18. The predicted molar refractivity (Wildman–Crippen MR) is 82.7 cm³/mol. The predicted octanol–water partition coefficient (Wildman–Crippen LogP) is 2.99. The van der Waals surface area contributed by atoms with Crippen molar-refractivity contribution in [3.63, 3.8) is 0 Å². The van der Waals surface area contributed by atoms with E-state index in [1.165, 1.54) is 0 Å². The fourth-order valence-electron chi connectivity index (χ4n) is 2.15. The van der Waals surface area contributed by atoms with E-state index in [1.54, 1.807) is 0 Å². The summed E-state index contributed by atoms with van der Waals surface area (Å²) in [4.78, 5) is 14.4. The number of amides is 1. The number of nitrogen functional groups attached to an aromatic ring is 1. The molecule has 5 nitrogen and oxygen atoms in total. The molecule has 0 aliphatic heterocycles. The summed E-state index contributed by atoms with van der Waals surface area (Å²) >= 11 is 0. The van der Waals surface area contributed by atoms with Gasteiger partial charge in [-0.2, -0.15) is 5.10 Å². The zero-order chi connectivity index (χ0) is 15.0. The number of H-pyrrole nitrogens is 1. The van der Waals surface area contributed by atoms with Crippen LogP contribution in [0, 0.1) is 0 Å². The second-order valence-electron chi connectivity index (χ2n) is 5.21. The first-order chi connectivity index (χ1) is 9.65. The Labute approximate surface area is 121 Å². The number of aromatic nitrogens is 2. The average molecular weight is 280 g/mol. The molecule has 0 unspecified atom stereocenters. The topological polar surface area (TPSA) is 75.0 Å². The number of carbonyl (C=O) groups excluding carboxylic acids is 1. The van der Waals surface area contributed by atoms with Crippen molar-refractivity contribution in [2.45, 2.75) is 59.3 Å². The number of carbonyl (C=O) groups is 1. The molecule has 0 saturated carbocycles. The summed E-state index contributed by atoms with van der Waals surface area (Å²) in [5, 5.41) is 7.03. The zero-order valence-corrected chi connectivity index (χ0v) is 13.0. The van der Waals surface area contributed by atoms with Crippen molar-refractivity contribution in [1.82, 2.24) is 15.1 Å². The van der Waals surface area contributed by atoms with Gasteiger partial charge < -0.3 is 10.6 Å². The minimum atomic E-state index is -0.0389. The van der Waals surface area contributed by atoms with E-state index in [0.29, 0.717) is 11.4 Å². The molecular formula is C15H28N4O. The standard InChI is InChI=1S/C15H28N4O/c1-4-7-10-19(11-8-5-2)15(20)14-13(16)12(9-6-3)17-18-14/h4-11,16H2,1-3H3,(H,17,18). The van der Waals surface area contributed by atoms with Gasteiger partial charge in [-0.1, -0.05) is 40.0 Å². The third kappa shape index (κ3) is 4.25. The van der Waals surface area contributed by atoms with Crippen molar-refractivity contribution in [3.8, 4) is 0 Å². The molecule has 114 valence electrons. The number of anilines is 1. The van der Waals surface area contributed by atoms with Crippen molar-refractivity contribution in [2.24, 2.45) is 0 Å². The van der Waals surface area contributed by atoms with Crippen molar-refractivity contribution >= 4 is 11.6 Å². The number of aryl methyl sites for hydroxylation is 1. The van der Waals surface area contributed by atoms with E-state index in [-0.39, 0.29) is 5.91 Å². The Kier molecular flexibility index (Phi) is 7.12. The molecule has 1 heterocycles. The molecule has 0 radical (unpaired) electrons. The number of nitrogens with zero attached hydrogens (tertiary/aromatic N) is 2. The Balaban J connectivity index is 2.81. The Morgan fingerprint density at radius 3 is 2.25 bits per heavy atom. The fourth-order valence-corrected chi connectivity index (χ4v) is 2.15. The van der Waals surface area contributed by atoms with Crippen molar-refractivity contribution in [1.29, 1.82) is 0 Å². The van der Waals surface area contributed by atoms with Crippen molar-refractivity contribution < 1.29 is 4.79 Å². The van der Waals surface area contributed by atoms with Gasteiger partial charge in [0.05, 0.1) is 11.4 Å². The smallest absolute Gasteiger partial charge is 0.276 e. The number of nitrogens with two attached hydrogens (primary N) is 1. The van der Waals surface area contributed by atoms with E-state index in [9.17, 15) is 4.79 Å². The van der Waals surface area contributed by atoms with Crippen LogP contribution in [-0.2, 0) is 6.42 Å². The van der Waals surface area contributed by atoms with E-state index in [1.807, 2.05) is 4.90 Å². The number of rotatable bonds is 9. The van der Waals surface area contributed by atoms with Crippen LogP contribution in [0.2, 0.25) is 0 Å². The van der Waals surface area contributed by atoms with Gasteiger partial charge in [-0.25, -0.2) is 0 Å². The van der Waals surface area contributed by atoms with Crippen molar-refractivity contribution in [2.75, 3.05) is 18.8 Å². The third-order valence-electron chi connectivity index (χ3n) is 3.44. The quantitative estimate of drug-likeness (QED) is 0.730. The maximum absolute atomic E-state index is 12.6. The fraction of sp³-hybridized carbons (Fsp3) is 0.733. The van der Waals surface area contributed by atoms with E-state index in [2.05, 4.69) is 31.0 Å². The molecule has 20 heavy (non-hydrogen) atoms. The molecule has 0 aliphatic carbocycles. The highest BCUT2D eigenvalue weighted by Gasteiger charge is 2.22. The van der Waals surface area contributed by atoms with Crippen LogP contribution in [0.5, 0.6) is 0 Å². The molecule has 0 fully saturated rings. The lowest BCUT2D eigenvalue weighted by atomic mass is 10.2. The molecule has 0 aromatic carbocycles. The average Bonchev–Trinajstić information content (AvgIpc) is 2.80. The summed E-state index contributed by atoms with van der Waals surface area (Å²) in [7, 11) is 0. The van der Waals surface area contributed by atoms with Crippen molar-refractivity contribution in [3.05, 3.63) is 11.4 Å². The Morgan fingerprint density at radius 1 is 1.15 bits per heavy atom. The Hall–Kier alpha value is -1.52. The summed E-state index contributed by atoms with van der Waals surface area (Å²) in [6.07, 6.45) is 5.99. The van der Waals surface area contributed by atoms with E-state index >= 15 is 0 Å². The van der Waals surface area contributed by atoms with Gasteiger partial charge in [0, 0.05) is 13.1 Å². The summed E-state index contributed by atoms with van der Waals surface area (Å²) in [5.74, 6) is -0.0389. The van der Waals surface area contributed by atoms with Gasteiger partial charge >= 0.3 is 0 Å². The monoisotopic (exact) mass is 280 g/mol. The molecule has 0 atom stereocenters. The lowest BCUT2D eigenvalue weighted by Crippen LogP contribution is -2.33. The van der Waals surface area contributed by atoms with Gasteiger partial charge in [0.15, 0.2) is 5.69 Å². The third-order valence-corrected chi connectivity index (χ3v) is 3.44. The molecule has 0 saturated heterocycles. The van der Waals surface area contributed by atoms with Gasteiger partial charge in [-0.3, -0.25) is 9.89 Å². The molecule has 5 heteroatoms. The number of nitrogens with one attached hydrogen (secondary N) is 1. The van der Waals surface area contributed by atoms with Gasteiger partial charge in [-0.15, -0.1) is 0 Å². The second-order valence-corrected chi connectivity index (χ2v) is 5.21. The van der Waals surface area contributed by atoms with Gasteiger partial charge in [0.1, 0.15) is 0 Å². The summed E-state index contributed by atoms with van der Waals surface area (Å²) in [6.45, 7) is 7.90. The molecule has 0 bridgehead atoms. The van der Waals surface area contributed by atoms with Crippen LogP contribution < -0.4 is 5.73 Å². The normalized spacial score (nSPS) is 10.8. The number of unbranched alkanes of at least 4 members (excludes halogenated alkanes) is 2. The molecule has 3 N–H and O–H groups in total. The maximum atomic E-state index is 12.6. The minimum Gasteiger partial charge on any atom is -0.395 e. The molecular weight excluding hydrogens is 252 g/mol. The summed E-state index contributed by atoms with van der Waals surface area (Å²) in [5.41, 5.74) is 7.83. The van der Waals surface area contributed by atoms with Crippen LogP contribution in [0.15, 0.2) is 0 Å². The molecule has 0 spiro atoms. The first-order valence-corrected chi connectivity index (χ1v) is 7.77. The molecule has 1 rings (SSSR count). The lowest BCUT2D eigenvalue weighted by Gasteiger charge is -2.21. The van der Waals surface area contributed by atoms with Gasteiger partial charge in [-0.05, 0) is 19.3 Å². The van der Waals surface area contributed by atoms with Gasteiger partial charge in [0.2, 0.25) is 0 Å². The first-order valence-electron chi connectivity index (χ1n) is 7.77. The number of hydrogen-bond acceptors (Lipinski definition) is 3. The summed E-state index contributed by atoms with van der Waals surface area (Å²) < 4.78 is 0. The molecule has 1 aromatic heterocycles. The van der Waals surface area contributed by atoms with Gasteiger partial charge in [0.25, 0.3) is 5.91 Å². The van der Waals surface area contributed by atoms with Crippen LogP contribution in [0.3, 0.4) is 0 Å². The van der Waals surface area contributed by atoms with Crippen LogP contribution in [0.1, 0.15) is 69.1 Å². The maximum Gasteiger partial charge on any atom is 0.276 e. The highest BCUT2D eigenvalue weighted by molar-refractivity contribution is 5.97. The van der Waals surface area contributed by atoms with E-state index < -0.39 is 0 Å². The zero-order valence-electron chi connectivity index (χ0n) is 13.0. The first kappa shape index (κ1) is 16.5. The highest BCUT2D eigenvalue weighted by atomic mass is 16.2. The summed E-state index contributed by atoms with van der Waals surface area (Å²) in [6, 6.07) is 0. The van der Waals surface area contributed by atoms with E-state index in [0.717, 1.165) is 57.3 Å². The Bertz CT molecular complexity index is 406. The SMILES string of the molecule is CCCCN(CCCC)C(=O)c1n[nH]c(CCC)c1N. The molecule has 1 amide bonds. The lowest BCUT2D eigenvalue weighted by molar-refractivity contribution is 0.0746. The molecule has 0 aliphatic rings.